The topological polar surface area (TPSA) is 118 Å². The van der Waals surface area contributed by atoms with E-state index in [9.17, 15) is 20.0 Å². The van der Waals surface area contributed by atoms with Crippen molar-refractivity contribution in [1.82, 2.24) is 10.4 Å². The number of nitro groups is 1. The number of hydrazone groups is 1. The average molecular weight is 286 g/mol. The number of hydrogen-bond acceptors (Lipinski definition) is 6. The number of nitrogens with one attached hydrogen (secondary N) is 1. The van der Waals surface area contributed by atoms with E-state index in [1.165, 1.54) is 24.5 Å². The van der Waals surface area contributed by atoms with E-state index in [-0.39, 0.29) is 0 Å². The molecule has 0 aliphatic heterocycles. The summed E-state index contributed by atoms with van der Waals surface area (Å²) in [7, 11) is 0. The molecule has 0 aliphatic carbocycles. The Kier molecular flexibility index (Phi) is 4.20. The zero-order valence-corrected chi connectivity index (χ0v) is 10.6. The van der Waals surface area contributed by atoms with Crippen LogP contribution in [0.1, 0.15) is 15.9 Å². The quantitative estimate of drug-likeness (QED) is 0.501. The Balaban J connectivity index is 2.03. The first-order chi connectivity index (χ1) is 10.1. The van der Waals surface area contributed by atoms with Gasteiger partial charge in [-0.05, 0) is 29.8 Å². The van der Waals surface area contributed by atoms with Crippen molar-refractivity contribution in [3.05, 3.63) is 64.0 Å². The van der Waals surface area contributed by atoms with Crippen molar-refractivity contribution >= 4 is 17.8 Å². The van der Waals surface area contributed by atoms with Crippen molar-refractivity contribution in [2.75, 3.05) is 0 Å². The predicted octanol–water partition coefficient (Wildman–Crippen LogP) is 1.46. The highest BCUT2D eigenvalue weighted by molar-refractivity contribution is 5.94. The molecular formula is C13H10N4O4. The number of amides is 1. The van der Waals surface area contributed by atoms with E-state index >= 15 is 0 Å². The smallest absolute Gasteiger partial charge is 0.310 e. The number of carbonyl (C=O) groups is 1. The van der Waals surface area contributed by atoms with E-state index in [0.717, 1.165) is 6.07 Å². The molecule has 8 nitrogen and oxygen atoms in total. The van der Waals surface area contributed by atoms with Gasteiger partial charge in [0.25, 0.3) is 5.91 Å². The highest BCUT2D eigenvalue weighted by atomic mass is 16.6. The molecule has 0 bridgehead atoms. The van der Waals surface area contributed by atoms with Gasteiger partial charge in [0.1, 0.15) is 0 Å². The minimum absolute atomic E-state index is 0.348. The van der Waals surface area contributed by atoms with Crippen molar-refractivity contribution in [2.45, 2.75) is 0 Å². The molecule has 8 heteroatoms. The highest BCUT2D eigenvalue weighted by Gasteiger charge is 2.12. The summed E-state index contributed by atoms with van der Waals surface area (Å²) in [5.41, 5.74) is 2.64. The molecule has 106 valence electrons. The number of phenolic OH excluding ortho intramolecular Hbond substituents is 1. The standard InChI is InChI=1S/C13H10N4O4/c18-12-6-9(3-4-11(12)17(20)21)7-15-16-13(19)10-2-1-5-14-8-10/h1-8,18H,(H,16,19)/b15-7-. The summed E-state index contributed by atoms with van der Waals surface area (Å²) in [6, 6.07) is 6.93. The van der Waals surface area contributed by atoms with Gasteiger partial charge in [-0.15, -0.1) is 0 Å². The summed E-state index contributed by atoms with van der Waals surface area (Å²) in [5, 5.41) is 23.7. The van der Waals surface area contributed by atoms with E-state index in [4.69, 9.17) is 0 Å². The number of aromatic nitrogens is 1. The minimum Gasteiger partial charge on any atom is -0.502 e. The van der Waals surface area contributed by atoms with Crippen LogP contribution in [0.3, 0.4) is 0 Å². The molecule has 0 radical (unpaired) electrons. The molecule has 1 amide bonds. The van der Waals surface area contributed by atoms with Gasteiger partial charge in [0, 0.05) is 18.5 Å². The third kappa shape index (κ3) is 3.60. The summed E-state index contributed by atoms with van der Waals surface area (Å²) in [6.07, 6.45) is 4.19. The zero-order valence-electron chi connectivity index (χ0n) is 10.6. The number of rotatable bonds is 4. The third-order valence-electron chi connectivity index (χ3n) is 2.50. The van der Waals surface area contributed by atoms with Gasteiger partial charge in [-0.2, -0.15) is 5.10 Å². The van der Waals surface area contributed by atoms with E-state index < -0.39 is 22.3 Å². The Bertz CT molecular complexity index is 701. The lowest BCUT2D eigenvalue weighted by Gasteiger charge is -1.99. The van der Waals surface area contributed by atoms with Gasteiger partial charge in [0.15, 0.2) is 5.75 Å². The second kappa shape index (κ2) is 6.24. The highest BCUT2D eigenvalue weighted by Crippen LogP contribution is 2.25. The third-order valence-corrected chi connectivity index (χ3v) is 2.50. The van der Waals surface area contributed by atoms with Crippen molar-refractivity contribution in [1.29, 1.82) is 0 Å². The van der Waals surface area contributed by atoms with Crippen LogP contribution in [0.4, 0.5) is 5.69 Å². The van der Waals surface area contributed by atoms with Crippen LogP contribution in [0, 0.1) is 10.1 Å². The second-order valence-corrected chi connectivity index (χ2v) is 3.95. The average Bonchev–Trinajstić information content (AvgIpc) is 2.47. The molecule has 2 rings (SSSR count). The second-order valence-electron chi connectivity index (χ2n) is 3.95. The Morgan fingerprint density at radius 2 is 2.24 bits per heavy atom. The SMILES string of the molecule is O=C(N/N=C\c1ccc([N+](=O)[O-])c(O)c1)c1cccnc1. The summed E-state index contributed by atoms with van der Waals surface area (Å²) in [4.78, 5) is 25.3. The van der Waals surface area contributed by atoms with Gasteiger partial charge in [0.2, 0.25) is 0 Å². The normalized spacial score (nSPS) is 10.5. The van der Waals surface area contributed by atoms with Crippen LogP contribution >= 0.6 is 0 Å². The Morgan fingerprint density at radius 1 is 1.43 bits per heavy atom. The molecule has 0 unspecified atom stereocenters. The van der Waals surface area contributed by atoms with Crippen molar-refractivity contribution in [3.63, 3.8) is 0 Å². The van der Waals surface area contributed by atoms with E-state index in [1.807, 2.05) is 0 Å². The van der Waals surface area contributed by atoms with Gasteiger partial charge in [-0.3, -0.25) is 19.9 Å². The number of aromatic hydroxyl groups is 1. The Hall–Kier alpha value is -3.29. The van der Waals surface area contributed by atoms with Crippen LogP contribution < -0.4 is 5.43 Å². The van der Waals surface area contributed by atoms with Crippen LogP contribution in [0.15, 0.2) is 47.8 Å². The predicted molar refractivity (Wildman–Crippen MR) is 74.1 cm³/mol. The Morgan fingerprint density at radius 3 is 2.86 bits per heavy atom. The molecule has 2 aromatic rings. The fourth-order valence-electron chi connectivity index (χ4n) is 1.50. The molecule has 0 saturated heterocycles. The molecule has 2 N–H and O–H groups in total. The van der Waals surface area contributed by atoms with E-state index in [1.54, 1.807) is 18.3 Å². The first-order valence-electron chi connectivity index (χ1n) is 5.79. The number of phenols is 1. The van der Waals surface area contributed by atoms with Gasteiger partial charge in [-0.25, -0.2) is 5.43 Å². The number of benzene rings is 1. The van der Waals surface area contributed by atoms with E-state index in [2.05, 4.69) is 15.5 Å². The summed E-state index contributed by atoms with van der Waals surface area (Å²) < 4.78 is 0. The number of hydrogen-bond donors (Lipinski definition) is 2. The lowest BCUT2D eigenvalue weighted by atomic mass is 10.2. The minimum atomic E-state index is -0.694. The van der Waals surface area contributed by atoms with Gasteiger partial charge in [0.05, 0.1) is 16.7 Å². The summed E-state index contributed by atoms with van der Waals surface area (Å²) in [5.74, 6) is -0.909. The van der Waals surface area contributed by atoms with Gasteiger partial charge >= 0.3 is 5.69 Å². The molecule has 0 spiro atoms. The first kappa shape index (κ1) is 14.1. The molecule has 1 heterocycles. The molecule has 0 atom stereocenters. The van der Waals surface area contributed by atoms with Crippen LogP contribution in [0.5, 0.6) is 5.75 Å². The maximum atomic E-state index is 11.6. The lowest BCUT2D eigenvalue weighted by molar-refractivity contribution is -0.385. The zero-order chi connectivity index (χ0) is 15.2. The molecule has 0 saturated carbocycles. The van der Waals surface area contributed by atoms with Gasteiger partial charge < -0.3 is 5.11 Å². The number of carbonyl (C=O) groups excluding carboxylic acids is 1. The first-order valence-corrected chi connectivity index (χ1v) is 5.79. The molecule has 1 aromatic heterocycles. The maximum absolute atomic E-state index is 11.6. The fraction of sp³-hybridized carbons (Fsp3) is 0. The van der Waals surface area contributed by atoms with Crippen LogP contribution in [0.2, 0.25) is 0 Å². The van der Waals surface area contributed by atoms with Crippen molar-refractivity contribution < 1.29 is 14.8 Å². The van der Waals surface area contributed by atoms with E-state index in [0.29, 0.717) is 11.1 Å². The molecule has 0 aliphatic rings. The van der Waals surface area contributed by atoms with Crippen LogP contribution in [-0.4, -0.2) is 27.1 Å². The van der Waals surface area contributed by atoms with Gasteiger partial charge in [-0.1, -0.05) is 0 Å². The van der Waals surface area contributed by atoms with Crippen molar-refractivity contribution in [2.24, 2.45) is 5.10 Å². The molecule has 21 heavy (non-hydrogen) atoms. The largest absolute Gasteiger partial charge is 0.502 e. The number of pyridine rings is 1. The lowest BCUT2D eigenvalue weighted by Crippen LogP contribution is -2.17. The Labute approximate surface area is 118 Å². The monoisotopic (exact) mass is 286 g/mol. The van der Waals surface area contributed by atoms with Crippen LogP contribution in [-0.2, 0) is 0 Å². The number of nitro benzene ring substituents is 1. The number of nitrogens with zero attached hydrogens (tertiary/aromatic N) is 3. The fourth-order valence-corrected chi connectivity index (χ4v) is 1.50. The van der Waals surface area contributed by atoms with Crippen LogP contribution in [0.25, 0.3) is 0 Å². The molecular weight excluding hydrogens is 276 g/mol. The summed E-state index contributed by atoms with van der Waals surface area (Å²) in [6.45, 7) is 0. The molecule has 1 aromatic carbocycles. The summed E-state index contributed by atoms with van der Waals surface area (Å²) >= 11 is 0. The van der Waals surface area contributed by atoms with Crippen molar-refractivity contribution in [3.8, 4) is 5.75 Å². The molecule has 0 fully saturated rings. The maximum Gasteiger partial charge on any atom is 0.310 e.